The molecule has 0 fully saturated rings. The number of rotatable bonds is 5. The topological polar surface area (TPSA) is 27.8 Å². The maximum atomic E-state index is 3.44. The van der Waals surface area contributed by atoms with Crippen LogP contribution in [0.15, 0.2) is 42.7 Å². The Kier molecular flexibility index (Phi) is 3.78. The highest BCUT2D eigenvalue weighted by molar-refractivity contribution is 5.22. The Balaban J connectivity index is 1.72. The zero-order chi connectivity index (χ0) is 11.2. The van der Waals surface area contributed by atoms with Crippen molar-refractivity contribution in [3.8, 4) is 0 Å². The standard InChI is InChI=1S/C14H18N2/c1-12-3-2-4-13(9-12)5-7-15-10-14-6-8-16-11-14/h2-4,6,8-9,11,15-16H,5,7,10H2,1H3. The Morgan fingerprint density at radius 1 is 1.19 bits per heavy atom. The highest BCUT2D eigenvalue weighted by Crippen LogP contribution is 2.04. The van der Waals surface area contributed by atoms with Crippen molar-refractivity contribution in [1.29, 1.82) is 0 Å². The molecule has 2 N–H and O–H groups in total. The molecule has 0 unspecified atom stereocenters. The van der Waals surface area contributed by atoms with Gasteiger partial charge in [0.2, 0.25) is 0 Å². The third-order valence-corrected chi connectivity index (χ3v) is 2.66. The van der Waals surface area contributed by atoms with E-state index in [1.54, 1.807) is 0 Å². The van der Waals surface area contributed by atoms with Crippen LogP contribution in [0.1, 0.15) is 16.7 Å². The predicted octanol–water partition coefficient (Wildman–Crippen LogP) is 2.66. The molecule has 0 bridgehead atoms. The van der Waals surface area contributed by atoms with Gasteiger partial charge in [-0.2, -0.15) is 0 Å². The van der Waals surface area contributed by atoms with Crippen molar-refractivity contribution in [3.63, 3.8) is 0 Å². The fourth-order valence-electron chi connectivity index (χ4n) is 1.80. The van der Waals surface area contributed by atoms with E-state index in [0.717, 1.165) is 19.5 Å². The van der Waals surface area contributed by atoms with Gasteiger partial charge in [-0.15, -0.1) is 0 Å². The van der Waals surface area contributed by atoms with Gasteiger partial charge in [-0.05, 0) is 37.1 Å². The first kappa shape index (κ1) is 11.0. The van der Waals surface area contributed by atoms with Crippen LogP contribution in [-0.4, -0.2) is 11.5 Å². The minimum atomic E-state index is 0.940. The average molecular weight is 214 g/mol. The van der Waals surface area contributed by atoms with Gasteiger partial charge < -0.3 is 10.3 Å². The second-order valence-electron chi connectivity index (χ2n) is 4.14. The SMILES string of the molecule is Cc1cccc(CCNCc2cc[nH]c2)c1. The van der Waals surface area contributed by atoms with Crippen molar-refractivity contribution in [2.24, 2.45) is 0 Å². The van der Waals surface area contributed by atoms with Gasteiger partial charge in [0, 0.05) is 18.9 Å². The lowest BCUT2D eigenvalue weighted by Gasteiger charge is -2.04. The van der Waals surface area contributed by atoms with Gasteiger partial charge in [0.1, 0.15) is 0 Å². The lowest BCUT2D eigenvalue weighted by Crippen LogP contribution is -2.16. The van der Waals surface area contributed by atoms with Crippen molar-refractivity contribution in [1.82, 2.24) is 10.3 Å². The van der Waals surface area contributed by atoms with Crippen LogP contribution in [-0.2, 0) is 13.0 Å². The molecule has 0 saturated carbocycles. The number of hydrogen-bond acceptors (Lipinski definition) is 1. The molecule has 0 radical (unpaired) electrons. The first-order valence-corrected chi connectivity index (χ1v) is 5.72. The smallest absolute Gasteiger partial charge is 0.0220 e. The number of hydrogen-bond donors (Lipinski definition) is 2. The van der Waals surface area contributed by atoms with E-state index in [1.807, 2.05) is 12.4 Å². The second kappa shape index (κ2) is 5.52. The number of H-pyrrole nitrogens is 1. The summed E-state index contributed by atoms with van der Waals surface area (Å²) >= 11 is 0. The summed E-state index contributed by atoms with van der Waals surface area (Å²) in [6, 6.07) is 10.8. The lowest BCUT2D eigenvalue weighted by molar-refractivity contribution is 0.687. The van der Waals surface area contributed by atoms with Crippen LogP contribution in [0.2, 0.25) is 0 Å². The average Bonchev–Trinajstić information content (AvgIpc) is 2.77. The quantitative estimate of drug-likeness (QED) is 0.736. The maximum absolute atomic E-state index is 3.44. The Morgan fingerprint density at radius 3 is 2.88 bits per heavy atom. The van der Waals surface area contributed by atoms with E-state index in [2.05, 4.69) is 47.6 Å². The van der Waals surface area contributed by atoms with Gasteiger partial charge in [-0.1, -0.05) is 29.8 Å². The summed E-state index contributed by atoms with van der Waals surface area (Å²) in [7, 11) is 0. The van der Waals surface area contributed by atoms with E-state index < -0.39 is 0 Å². The van der Waals surface area contributed by atoms with E-state index in [1.165, 1.54) is 16.7 Å². The third kappa shape index (κ3) is 3.24. The summed E-state index contributed by atoms with van der Waals surface area (Å²) in [5, 5.41) is 3.44. The number of nitrogens with one attached hydrogen (secondary N) is 2. The fraction of sp³-hybridized carbons (Fsp3) is 0.286. The van der Waals surface area contributed by atoms with E-state index >= 15 is 0 Å². The van der Waals surface area contributed by atoms with Crippen molar-refractivity contribution >= 4 is 0 Å². The number of aromatic amines is 1. The molecule has 84 valence electrons. The van der Waals surface area contributed by atoms with E-state index in [0.29, 0.717) is 0 Å². The van der Waals surface area contributed by atoms with Gasteiger partial charge in [-0.3, -0.25) is 0 Å². The molecule has 0 amide bonds. The highest BCUT2D eigenvalue weighted by atomic mass is 14.8. The summed E-state index contributed by atoms with van der Waals surface area (Å²) in [5.41, 5.74) is 4.05. The van der Waals surface area contributed by atoms with Crippen LogP contribution in [0, 0.1) is 6.92 Å². The Morgan fingerprint density at radius 2 is 2.12 bits per heavy atom. The molecular formula is C14H18N2. The molecule has 2 heteroatoms. The van der Waals surface area contributed by atoms with Crippen molar-refractivity contribution in [2.75, 3.05) is 6.54 Å². The third-order valence-electron chi connectivity index (χ3n) is 2.66. The highest BCUT2D eigenvalue weighted by Gasteiger charge is 1.94. The minimum absolute atomic E-state index is 0.940. The molecule has 16 heavy (non-hydrogen) atoms. The van der Waals surface area contributed by atoms with Crippen molar-refractivity contribution in [3.05, 3.63) is 59.4 Å². The van der Waals surface area contributed by atoms with Crippen LogP contribution >= 0.6 is 0 Å². The molecule has 2 rings (SSSR count). The van der Waals surface area contributed by atoms with Gasteiger partial charge in [-0.25, -0.2) is 0 Å². The largest absolute Gasteiger partial charge is 0.367 e. The normalized spacial score (nSPS) is 10.6. The Bertz CT molecular complexity index is 418. The van der Waals surface area contributed by atoms with E-state index in [-0.39, 0.29) is 0 Å². The van der Waals surface area contributed by atoms with Crippen LogP contribution in [0.3, 0.4) is 0 Å². The second-order valence-corrected chi connectivity index (χ2v) is 4.14. The molecule has 2 nitrogen and oxygen atoms in total. The first-order valence-electron chi connectivity index (χ1n) is 5.72. The fourth-order valence-corrected chi connectivity index (χ4v) is 1.80. The zero-order valence-electron chi connectivity index (χ0n) is 9.66. The van der Waals surface area contributed by atoms with Gasteiger partial charge in [0.15, 0.2) is 0 Å². The van der Waals surface area contributed by atoms with Crippen molar-refractivity contribution < 1.29 is 0 Å². The van der Waals surface area contributed by atoms with Gasteiger partial charge in [0.25, 0.3) is 0 Å². The van der Waals surface area contributed by atoms with Crippen LogP contribution in [0.5, 0.6) is 0 Å². The summed E-state index contributed by atoms with van der Waals surface area (Å²) in [6.45, 7) is 4.10. The zero-order valence-corrected chi connectivity index (χ0v) is 9.66. The molecular weight excluding hydrogens is 196 g/mol. The minimum Gasteiger partial charge on any atom is -0.367 e. The Labute approximate surface area is 96.7 Å². The molecule has 0 atom stereocenters. The van der Waals surface area contributed by atoms with Gasteiger partial charge >= 0.3 is 0 Å². The summed E-state index contributed by atoms with van der Waals surface area (Å²) in [6.07, 6.45) is 5.07. The monoisotopic (exact) mass is 214 g/mol. The molecule has 0 spiro atoms. The number of aromatic nitrogens is 1. The molecule has 2 aromatic rings. The molecule has 0 saturated heterocycles. The number of benzene rings is 1. The Hall–Kier alpha value is -1.54. The summed E-state index contributed by atoms with van der Waals surface area (Å²) in [4.78, 5) is 3.06. The summed E-state index contributed by atoms with van der Waals surface area (Å²) in [5.74, 6) is 0. The van der Waals surface area contributed by atoms with Crippen molar-refractivity contribution in [2.45, 2.75) is 19.9 Å². The van der Waals surface area contributed by atoms with Gasteiger partial charge in [0.05, 0.1) is 0 Å². The molecule has 0 aliphatic rings. The molecule has 0 aliphatic heterocycles. The molecule has 1 heterocycles. The summed E-state index contributed by atoms with van der Waals surface area (Å²) < 4.78 is 0. The van der Waals surface area contributed by atoms with Crippen LogP contribution in [0.25, 0.3) is 0 Å². The molecule has 0 aliphatic carbocycles. The molecule has 1 aromatic carbocycles. The first-order chi connectivity index (χ1) is 7.84. The maximum Gasteiger partial charge on any atom is 0.0220 e. The number of aryl methyl sites for hydroxylation is 1. The molecule has 1 aromatic heterocycles. The lowest BCUT2D eigenvalue weighted by atomic mass is 10.1. The predicted molar refractivity (Wildman–Crippen MR) is 67.4 cm³/mol. The van der Waals surface area contributed by atoms with Crippen LogP contribution < -0.4 is 5.32 Å². The van der Waals surface area contributed by atoms with E-state index in [4.69, 9.17) is 0 Å². The van der Waals surface area contributed by atoms with E-state index in [9.17, 15) is 0 Å². The van der Waals surface area contributed by atoms with Crippen LogP contribution in [0.4, 0.5) is 0 Å².